The van der Waals surface area contributed by atoms with E-state index in [0.717, 1.165) is 6.07 Å². The molecule has 0 aliphatic carbocycles. The number of halogens is 3. The highest BCUT2D eigenvalue weighted by molar-refractivity contribution is 7.92. The van der Waals surface area contributed by atoms with E-state index in [0.29, 0.717) is 23.6 Å². The normalized spacial score (nSPS) is 12.2. The topological polar surface area (TPSA) is 115 Å². The minimum atomic E-state index is -5.68. The van der Waals surface area contributed by atoms with Crippen molar-refractivity contribution in [3.05, 3.63) is 45.7 Å². The zero-order valence-electron chi connectivity index (χ0n) is 12.9. The van der Waals surface area contributed by atoms with Crippen molar-refractivity contribution in [1.29, 1.82) is 0 Å². The molecule has 2 aromatic rings. The summed E-state index contributed by atoms with van der Waals surface area (Å²) < 4.78 is 65.7. The number of hydrogen-bond acceptors (Lipinski definition) is 7. The molecule has 0 atom stereocenters. The first kappa shape index (κ1) is 18.7. The highest BCUT2D eigenvalue weighted by Gasteiger charge is 2.47. The number of hydrogen-bond donors (Lipinski definition) is 1. The van der Waals surface area contributed by atoms with Crippen LogP contribution in [0.1, 0.15) is 17.3 Å². The number of benzene rings is 1. The highest BCUT2D eigenvalue weighted by Crippen LogP contribution is 2.34. The maximum Gasteiger partial charge on any atom is 0.501 e. The van der Waals surface area contributed by atoms with Crippen molar-refractivity contribution in [3.63, 3.8) is 0 Å². The Kier molecular flexibility index (Phi) is 4.75. The number of oxazole rings is 1. The second kappa shape index (κ2) is 6.35. The van der Waals surface area contributed by atoms with E-state index in [9.17, 15) is 31.7 Å². The standard InChI is InChI=1S/C13H12F3N3O5S/c1-7-8(2)24-12(18-7)6-17-10-4-3-9(5-11(10)19(20)21)25(22,23)13(14,15)16/h3-5,17H,6H2,1-2H3. The fraction of sp³-hybridized carbons (Fsp3) is 0.308. The third kappa shape index (κ3) is 3.73. The second-order valence-corrected chi connectivity index (χ2v) is 6.93. The Morgan fingerprint density at radius 3 is 2.44 bits per heavy atom. The summed E-state index contributed by atoms with van der Waals surface area (Å²) in [7, 11) is -5.68. The van der Waals surface area contributed by atoms with E-state index >= 15 is 0 Å². The van der Waals surface area contributed by atoms with Gasteiger partial charge in [-0.25, -0.2) is 13.4 Å². The second-order valence-electron chi connectivity index (χ2n) is 4.99. The fourth-order valence-electron chi connectivity index (χ4n) is 1.90. The molecule has 0 aliphatic rings. The maximum atomic E-state index is 12.6. The Labute approximate surface area is 139 Å². The third-order valence-electron chi connectivity index (χ3n) is 3.28. The van der Waals surface area contributed by atoms with Crippen LogP contribution in [0.5, 0.6) is 0 Å². The Hall–Kier alpha value is -2.63. The third-order valence-corrected chi connectivity index (χ3v) is 4.77. The molecule has 0 saturated heterocycles. The molecular weight excluding hydrogens is 367 g/mol. The summed E-state index contributed by atoms with van der Waals surface area (Å²) in [6.07, 6.45) is 0. The van der Waals surface area contributed by atoms with Crippen LogP contribution < -0.4 is 5.32 Å². The van der Waals surface area contributed by atoms with E-state index in [1.54, 1.807) is 13.8 Å². The lowest BCUT2D eigenvalue weighted by molar-refractivity contribution is -0.384. The molecule has 0 unspecified atom stereocenters. The lowest BCUT2D eigenvalue weighted by atomic mass is 10.2. The van der Waals surface area contributed by atoms with Crippen LogP contribution in [-0.2, 0) is 16.4 Å². The number of nitro benzene ring substituents is 1. The average Bonchev–Trinajstić information content (AvgIpc) is 2.82. The van der Waals surface area contributed by atoms with Crippen LogP contribution in [0.15, 0.2) is 27.5 Å². The summed E-state index contributed by atoms with van der Waals surface area (Å²) in [5.74, 6) is 0.772. The van der Waals surface area contributed by atoms with Crippen LogP contribution in [0.25, 0.3) is 0 Å². The monoisotopic (exact) mass is 379 g/mol. The van der Waals surface area contributed by atoms with E-state index < -0.39 is 30.9 Å². The van der Waals surface area contributed by atoms with Crippen LogP contribution in [0, 0.1) is 24.0 Å². The zero-order chi connectivity index (χ0) is 19.0. The van der Waals surface area contributed by atoms with Gasteiger partial charge < -0.3 is 9.73 Å². The molecule has 0 radical (unpaired) electrons. The van der Waals surface area contributed by atoms with Gasteiger partial charge in [0.05, 0.1) is 22.1 Å². The summed E-state index contributed by atoms with van der Waals surface area (Å²) >= 11 is 0. The smallest absolute Gasteiger partial charge is 0.444 e. The number of nitrogens with zero attached hydrogens (tertiary/aromatic N) is 2. The highest BCUT2D eigenvalue weighted by atomic mass is 32.2. The number of nitro groups is 1. The van der Waals surface area contributed by atoms with Crippen LogP contribution in [0.2, 0.25) is 0 Å². The Balaban J connectivity index is 2.35. The molecule has 0 spiro atoms. The quantitative estimate of drug-likeness (QED) is 0.627. The van der Waals surface area contributed by atoms with Gasteiger partial charge in [-0.05, 0) is 26.0 Å². The van der Waals surface area contributed by atoms with Crippen molar-refractivity contribution >= 4 is 21.2 Å². The molecule has 1 N–H and O–H groups in total. The summed E-state index contributed by atoms with van der Waals surface area (Å²) in [6, 6.07) is 1.89. The SMILES string of the molecule is Cc1nc(CNc2ccc(S(=O)(=O)C(F)(F)F)cc2[N+](=O)[O-])oc1C. The lowest BCUT2D eigenvalue weighted by Gasteiger charge is -2.10. The van der Waals surface area contributed by atoms with Gasteiger partial charge in [0.2, 0.25) is 5.89 Å². The Morgan fingerprint density at radius 1 is 1.32 bits per heavy atom. The van der Waals surface area contributed by atoms with Gasteiger partial charge in [-0.1, -0.05) is 0 Å². The molecule has 1 aromatic heterocycles. The lowest BCUT2D eigenvalue weighted by Crippen LogP contribution is -2.23. The number of aryl methyl sites for hydroxylation is 2. The largest absolute Gasteiger partial charge is 0.501 e. The molecular formula is C13H12F3N3O5S. The van der Waals surface area contributed by atoms with Crippen molar-refractivity contribution in [1.82, 2.24) is 4.98 Å². The molecule has 25 heavy (non-hydrogen) atoms. The van der Waals surface area contributed by atoms with E-state index in [-0.39, 0.29) is 18.1 Å². The predicted molar refractivity (Wildman–Crippen MR) is 79.6 cm³/mol. The predicted octanol–water partition coefficient (Wildman–Crippen LogP) is 3.11. The van der Waals surface area contributed by atoms with Crippen LogP contribution >= 0.6 is 0 Å². The van der Waals surface area contributed by atoms with Crippen LogP contribution in [-0.4, -0.2) is 23.8 Å². The Bertz CT molecular complexity index is 902. The van der Waals surface area contributed by atoms with E-state index in [1.165, 1.54) is 0 Å². The zero-order valence-corrected chi connectivity index (χ0v) is 13.7. The van der Waals surface area contributed by atoms with Crippen LogP contribution in [0.4, 0.5) is 24.5 Å². The molecule has 0 bridgehead atoms. The van der Waals surface area contributed by atoms with Gasteiger partial charge in [0.15, 0.2) is 0 Å². The molecule has 0 saturated carbocycles. The summed E-state index contributed by atoms with van der Waals surface area (Å²) in [4.78, 5) is 12.9. The molecule has 8 nitrogen and oxygen atoms in total. The van der Waals surface area contributed by atoms with Gasteiger partial charge in [-0.15, -0.1) is 0 Å². The van der Waals surface area contributed by atoms with Crippen molar-refractivity contribution in [2.24, 2.45) is 0 Å². The molecule has 136 valence electrons. The van der Waals surface area contributed by atoms with Crippen molar-refractivity contribution in [3.8, 4) is 0 Å². The Morgan fingerprint density at radius 2 is 1.96 bits per heavy atom. The van der Waals surface area contributed by atoms with Gasteiger partial charge in [0.25, 0.3) is 15.5 Å². The first-order valence-electron chi connectivity index (χ1n) is 6.70. The van der Waals surface area contributed by atoms with Gasteiger partial charge in [0.1, 0.15) is 11.4 Å². The van der Waals surface area contributed by atoms with E-state index in [1.807, 2.05) is 0 Å². The van der Waals surface area contributed by atoms with E-state index in [2.05, 4.69) is 10.3 Å². The number of rotatable bonds is 5. The van der Waals surface area contributed by atoms with Gasteiger partial charge >= 0.3 is 5.51 Å². The first-order valence-corrected chi connectivity index (χ1v) is 8.18. The molecule has 1 aromatic carbocycles. The molecule has 0 amide bonds. The van der Waals surface area contributed by atoms with Crippen molar-refractivity contribution in [2.45, 2.75) is 30.8 Å². The maximum absolute atomic E-state index is 12.6. The van der Waals surface area contributed by atoms with Gasteiger partial charge in [-0.3, -0.25) is 10.1 Å². The summed E-state index contributed by atoms with van der Waals surface area (Å²) in [5.41, 5.74) is -5.91. The average molecular weight is 379 g/mol. The van der Waals surface area contributed by atoms with Crippen LogP contribution in [0.3, 0.4) is 0 Å². The number of aromatic nitrogens is 1. The minimum absolute atomic E-state index is 0.0686. The minimum Gasteiger partial charge on any atom is -0.444 e. The molecule has 1 heterocycles. The van der Waals surface area contributed by atoms with Crippen molar-refractivity contribution < 1.29 is 30.9 Å². The molecule has 12 heteroatoms. The number of nitrogens with one attached hydrogen (secondary N) is 1. The van der Waals surface area contributed by atoms with E-state index in [4.69, 9.17) is 4.42 Å². The summed E-state index contributed by atoms with van der Waals surface area (Å²) in [5, 5.41) is 13.7. The fourth-order valence-corrected chi connectivity index (χ4v) is 2.68. The van der Waals surface area contributed by atoms with Gasteiger partial charge in [0, 0.05) is 6.07 Å². The number of anilines is 1. The van der Waals surface area contributed by atoms with Gasteiger partial charge in [-0.2, -0.15) is 13.2 Å². The molecule has 0 fully saturated rings. The molecule has 2 rings (SSSR count). The summed E-state index contributed by atoms with van der Waals surface area (Å²) in [6.45, 7) is 3.30. The first-order chi connectivity index (χ1) is 11.4. The number of sulfone groups is 1. The van der Waals surface area contributed by atoms with Crippen molar-refractivity contribution in [2.75, 3.05) is 5.32 Å². The molecule has 0 aliphatic heterocycles. The number of alkyl halides is 3.